The van der Waals surface area contributed by atoms with Gasteiger partial charge in [0.25, 0.3) is 0 Å². The molecule has 2 nitrogen and oxygen atoms in total. The van der Waals surface area contributed by atoms with Gasteiger partial charge in [-0.3, -0.25) is 0 Å². The first-order valence-electron chi connectivity index (χ1n) is 11.7. The van der Waals surface area contributed by atoms with E-state index in [0.717, 1.165) is 32.9 Å². The van der Waals surface area contributed by atoms with Crippen LogP contribution >= 0.6 is 11.3 Å². The Balaban J connectivity index is 1.54. The van der Waals surface area contributed by atoms with Crippen molar-refractivity contribution in [1.29, 1.82) is 0 Å². The van der Waals surface area contributed by atoms with Crippen LogP contribution in [-0.2, 0) is 0 Å². The van der Waals surface area contributed by atoms with E-state index in [0.29, 0.717) is 0 Å². The molecule has 0 saturated heterocycles. The molecule has 164 valence electrons. The predicted octanol–water partition coefficient (Wildman–Crippen LogP) is 9.00. The van der Waals surface area contributed by atoms with Gasteiger partial charge in [0, 0.05) is 26.6 Å². The summed E-state index contributed by atoms with van der Waals surface area (Å²) in [7, 11) is 0. The van der Waals surface area contributed by atoms with Crippen LogP contribution in [0.3, 0.4) is 0 Å². The topological polar surface area (TPSA) is 25.8 Å². The van der Waals surface area contributed by atoms with Gasteiger partial charge in [0.2, 0.25) is 0 Å². The van der Waals surface area contributed by atoms with E-state index in [-0.39, 0.29) is 0 Å². The number of benzene rings is 5. The minimum absolute atomic E-state index is 0.765. The second-order valence-corrected chi connectivity index (χ2v) is 9.68. The van der Waals surface area contributed by atoms with Crippen molar-refractivity contribution < 1.29 is 0 Å². The molecule has 7 rings (SSSR count). The molecule has 0 saturated carbocycles. The van der Waals surface area contributed by atoms with Gasteiger partial charge in [-0.2, -0.15) is 0 Å². The summed E-state index contributed by atoms with van der Waals surface area (Å²) in [6.07, 6.45) is 0. The minimum atomic E-state index is 0.765. The Bertz CT molecular complexity index is 1850. The van der Waals surface area contributed by atoms with Gasteiger partial charge in [-0.15, -0.1) is 11.3 Å². The monoisotopic (exact) mass is 464 g/mol. The van der Waals surface area contributed by atoms with Crippen molar-refractivity contribution in [1.82, 2.24) is 9.97 Å². The zero-order valence-electron chi connectivity index (χ0n) is 18.8. The Morgan fingerprint density at radius 2 is 1.20 bits per heavy atom. The fraction of sp³-hybridized carbons (Fsp3) is 0. The molecule has 0 N–H and O–H groups in total. The molecule has 0 amide bonds. The fourth-order valence-corrected chi connectivity index (χ4v) is 5.93. The van der Waals surface area contributed by atoms with Gasteiger partial charge in [-0.25, -0.2) is 9.97 Å². The third-order valence-corrected chi connectivity index (χ3v) is 7.58. The summed E-state index contributed by atoms with van der Waals surface area (Å²) in [5, 5.41) is 4.69. The third kappa shape index (κ3) is 3.40. The Labute approximate surface area is 207 Å². The molecular formula is C32H20N2S. The van der Waals surface area contributed by atoms with E-state index in [9.17, 15) is 0 Å². The van der Waals surface area contributed by atoms with Gasteiger partial charge in [0.15, 0.2) is 5.82 Å². The highest BCUT2D eigenvalue weighted by molar-refractivity contribution is 7.25. The van der Waals surface area contributed by atoms with Crippen molar-refractivity contribution in [3.63, 3.8) is 0 Å². The van der Waals surface area contributed by atoms with E-state index in [1.54, 1.807) is 11.3 Å². The van der Waals surface area contributed by atoms with Gasteiger partial charge in [-0.05, 0) is 34.0 Å². The molecule has 0 spiro atoms. The Hall–Kier alpha value is -4.34. The highest BCUT2D eigenvalue weighted by Gasteiger charge is 2.18. The standard InChI is InChI=1S/C32H20N2S/c1-2-10-21(11-3-1)23-14-8-15-24(20-23)30-29-27-17-6-7-19-28(27)35-32(29)34-31(33-30)26-18-9-13-22-12-4-5-16-25(22)26/h1-20H. The Morgan fingerprint density at radius 1 is 0.514 bits per heavy atom. The van der Waals surface area contributed by atoms with Crippen molar-refractivity contribution >= 4 is 42.4 Å². The first-order valence-corrected chi connectivity index (χ1v) is 12.5. The molecule has 0 aliphatic carbocycles. The molecule has 0 aliphatic rings. The number of rotatable bonds is 3. The lowest BCUT2D eigenvalue weighted by Gasteiger charge is -2.11. The fourth-order valence-electron chi connectivity index (χ4n) is 4.85. The SMILES string of the molecule is c1ccc(-c2cccc(-c3nc(-c4cccc5ccccc45)nc4sc5ccccc5c34)c2)cc1. The first kappa shape index (κ1) is 20.1. The smallest absolute Gasteiger partial charge is 0.162 e. The Morgan fingerprint density at radius 3 is 2.11 bits per heavy atom. The summed E-state index contributed by atoms with van der Waals surface area (Å²) >= 11 is 1.73. The molecule has 0 radical (unpaired) electrons. The molecule has 2 aromatic heterocycles. The minimum Gasteiger partial charge on any atom is -0.227 e. The van der Waals surface area contributed by atoms with Crippen LogP contribution in [0.25, 0.3) is 64.8 Å². The molecule has 0 fully saturated rings. The lowest BCUT2D eigenvalue weighted by Crippen LogP contribution is -1.94. The van der Waals surface area contributed by atoms with E-state index in [1.165, 1.54) is 32.0 Å². The summed E-state index contributed by atoms with van der Waals surface area (Å²) in [6.45, 7) is 0. The molecule has 0 atom stereocenters. The molecule has 2 heterocycles. The van der Waals surface area contributed by atoms with Crippen molar-refractivity contribution in [3.8, 4) is 33.8 Å². The summed E-state index contributed by atoms with van der Waals surface area (Å²) in [4.78, 5) is 11.4. The van der Waals surface area contributed by atoms with Crippen LogP contribution in [0, 0.1) is 0 Å². The quantitative estimate of drug-likeness (QED) is 0.261. The van der Waals surface area contributed by atoms with Gasteiger partial charge in [0.1, 0.15) is 4.83 Å². The van der Waals surface area contributed by atoms with Crippen LogP contribution in [-0.4, -0.2) is 9.97 Å². The maximum Gasteiger partial charge on any atom is 0.162 e. The van der Waals surface area contributed by atoms with Crippen LogP contribution in [0.15, 0.2) is 121 Å². The molecule has 0 unspecified atom stereocenters. The maximum atomic E-state index is 5.24. The van der Waals surface area contributed by atoms with E-state index < -0.39 is 0 Å². The van der Waals surface area contributed by atoms with E-state index in [2.05, 4.69) is 121 Å². The lowest BCUT2D eigenvalue weighted by molar-refractivity contribution is 1.25. The number of hydrogen-bond donors (Lipinski definition) is 0. The zero-order valence-corrected chi connectivity index (χ0v) is 19.7. The lowest BCUT2D eigenvalue weighted by atomic mass is 9.99. The van der Waals surface area contributed by atoms with Gasteiger partial charge in [0.05, 0.1) is 5.69 Å². The molecule has 0 bridgehead atoms. The molecule has 35 heavy (non-hydrogen) atoms. The van der Waals surface area contributed by atoms with Crippen LogP contribution in [0.4, 0.5) is 0 Å². The van der Waals surface area contributed by atoms with E-state index in [4.69, 9.17) is 9.97 Å². The largest absolute Gasteiger partial charge is 0.227 e. The first-order chi connectivity index (χ1) is 17.3. The second kappa shape index (κ2) is 8.15. The predicted molar refractivity (Wildman–Crippen MR) is 149 cm³/mol. The van der Waals surface area contributed by atoms with Crippen LogP contribution in [0.2, 0.25) is 0 Å². The average molecular weight is 465 g/mol. The summed E-state index contributed by atoms with van der Waals surface area (Å²) in [5.41, 5.74) is 5.52. The van der Waals surface area contributed by atoms with Crippen LogP contribution in [0.5, 0.6) is 0 Å². The van der Waals surface area contributed by atoms with Crippen molar-refractivity contribution in [3.05, 3.63) is 121 Å². The second-order valence-electron chi connectivity index (χ2n) is 8.65. The highest BCUT2D eigenvalue weighted by atomic mass is 32.1. The van der Waals surface area contributed by atoms with E-state index >= 15 is 0 Å². The van der Waals surface area contributed by atoms with Crippen LogP contribution in [0.1, 0.15) is 0 Å². The summed E-state index contributed by atoms with van der Waals surface area (Å²) < 4.78 is 1.23. The average Bonchev–Trinajstić information content (AvgIpc) is 3.31. The van der Waals surface area contributed by atoms with Crippen molar-refractivity contribution in [2.24, 2.45) is 0 Å². The Kier molecular flexibility index (Phi) is 4.68. The molecule has 7 aromatic rings. The number of fused-ring (bicyclic) bond motifs is 4. The molecule has 3 heteroatoms. The van der Waals surface area contributed by atoms with Crippen LogP contribution < -0.4 is 0 Å². The highest BCUT2D eigenvalue weighted by Crippen LogP contribution is 2.40. The number of hydrogen-bond acceptors (Lipinski definition) is 3. The van der Waals surface area contributed by atoms with Crippen molar-refractivity contribution in [2.75, 3.05) is 0 Å². The number of thiophene rings is 1. The van der Waals surface area contributed by atoms with Gasteiger partial charge in [-0.1, -0.05) is 109 Å². The third-order valence-electron chi connectivity index (χ3n) is 6.51. The van der Waals surface area contributed by atoms with Crippen molar-refractivity contribution in [2.45, 2.75) is 0 Å². The van der Waals surface area contributed by atoms with Gasteiger partial charge >= 0.3 is 0 Å². The summed E-state index contributed by atoms with van der Waals surface area (Å²) in [5.74, 6) is 0.765. The molecular weight excluding hydrogens is 444 g/mol. The van der Waals surface area contributed by atoms with E-state index in [1.807, 2.05) is 0 Å². The number of nitrogens with zero attached hydrogens (tertiary/aromatic N) is 2. The zero-order chi connectivity index (χ0) is 23.2. The normalized spacial score (nSPS) is 11.4. The molecule has 0 aliphatic heterocycles. The van der Waals surface area contributed by atoms with Gasteiger partial charge < -0.3 is 0 Å². The number of aromatic nitrogens is 2. The molecule has 5 aromatic carbocycles. The maximum absolute atomic E-state index is 5.24. The summed E-state index contributed by atoms with van der Waals surface area (Å²) in [6, 6.07) is 42.5.